The molecule has 20 heavy (non-hydrogen) atoms. The number of nitrogens with one attached hydrogen (secondary N) is 1. The molecule has 0 spiro atoms. The monoisotopic (exact) mass is 309 g/mol. The van der Waals surface area contributed by atoms with Crippen LogP contribution >= 0.6 is 11.6 Å². The van der Waals surface area contributed by atoms with Gasteiger partial charge in [-0.05, 0) is 37.6 Å². The standard InChI is InChI=1S/C12H11ClF3NO3/c1-6-5-7(13)3-4-8(6)9(18)17-11(2,10(19)20)12(14,15)16/h3-5H,1-2H3,(H,17,18)(H,19,20). The van der Waals surface area contributed by atoms with Crippen molar-refractivity contribution in [2.45, 2.75) is 25.6 Å². The number of amides is 1. The highest BCUT2D eigenvalue weighted by atomic mass is 35.5. The molecule has 1 rings (SSSR count). The lowest BCUT2D eigenvalue weighted by Gasteiger charge is -2.28. The molecule has 0 aliphatic rings. The van der Waals surface area contributed by atoms with Crippen LogP contribution in [0.4, 0.5) is 13.2 Å². The summed E-state index contributed by atoms with van der Waals surface area (Å²) >= 11 is 5.67. The van der Waals surface area contributed by atoms with E-state index >= 15 is 0 Å². The molecule has 0 saturated carbocycles. The molecular formula is C12H11ClF3NO3. The first-order chi connectivity index (χ1) is 8.99. The zero-order chi connectivity index (χ0) is 15.7. The molecule has 0 fully saturated rings. The first kappa shape index (κ1) is 16.3. The maximum atomic E-state index is 12.8. The average molecular weight is 310 g/mol. The third-order valence-corrected chi connectivity index (χ3v) is 3.03. The highest BCUT2D eigenvalue weighted by Crippen LogP contribution is 2.31. The summed E-state index contributed by atoms with van der Waals surface area (Å²) in [5.74, 6) is -3.33. The molecule has 1 amide bonds. The van der Waals surface area contributed by atoms with Crippen LogP contribution in [0, 0.1) is 6.92 Å². The number of benzene rings is 1. The van der Waals surface area contributed by atoms with E-state index in [-0.39, 0.29) is 5.56 Å². The zero-order valence-electron chi connectivity index (χ0n) is 10.5. The number of carboxylic acid groups (broad SMARTS) is 1. The summed E-state index contributed by atoms with van der Waals surface area (Å²) in [4.78, 5) is 22.6. The molecular weight excluding hydrogens is 299 g/mol. The Morgan fingerprint density at radius 3 is 2.25 bits per heavy atom. The quantitative estimate of drug-likeness (QED) is 0.902. The molecule has 0 saturated heterocycles. The van der Waals surface area contributed by atoms with Gasteiger partial charge in [-0.25, -0.2) is 4.79 Å². The molecule has 1 atom stereocenters. The van der Waals surface area contributed by atoms with Crippen LogP contribution in [-0.2, 0) is 4.79 Å². The van der Waals surface area contributed by atoms with Gasteiger partial charge in [0.1, 0.15) is 0 Å². The highest BCUT2D eigenvalue weighted by molar-refractivity contribution is 6.30. The van der Waals surface area contributed by atoms with Crippen molar-refractivity contribution in [2.75, 3.05) is 0 Å². The molecule has 0 bridgehead atoms. The van der Waals surface area contributed by atoms with Crippen molar-refractivity contribution in [1.29, 1.82) is 0 Å². The fraction of sp³-hybridized carbons (Fsp3) is 0.333. The summed E-state index contributed by atoms with van der Waals surface area (Å²) in [5, 5.41) is 10.5. The summed E-state index contributed by atoms with van der Waals surface area (Å²) in [6, 6.07) is 3.95. The zero-order valence-corrected chi connectivity index (χ0v) is 11.3. The molecule has 1 unspecified atom stereocenters. The van der Waals surface area contributed by atoms with Gasteiger partial charge in [0, 0.05) is 10.6 Å². The van der Waals surface area contributed by atoms with Crippen LogP contribution in [0.25, 0.3) is 0 Å². The Balaban J connectivity index is 3.13. The van der Waals surface area contributed by atoms with Crippen LogP contribution in [0.2, 0.25) is 5.02 Å². The summed E-state index contributed by atoms with van der Waals surface area (Å²) < 4.78 is 38.3. The van der Waals surface area contributed by atoms with Gasteiger partial charge in [-0.3, -0.25) is 4.79 Å². The van der Waals surface area contributed by atoms with E-state index in [0.717, 1.165) is 0 Å². The number of carbonyl (C=O) groups is 2. The van der Waals surface area contributed by atoms with Gasteiger partial charge in [0.15, 0.2) is 0 Å². The van der Waals surface area contributed by atoms with E-state index in [2.05, 4.69) is 0 Å². The Labute approximate surface area is 117 Å². The third kappa shape index (κ3) is 3.04. The van der Waals surface area contributed by atoms with Crippen molar-refractivity contribution >= 4 is 23.5 Å². The second kappa shape index (κ2) is 5.32. The van der Waals surface area contributed by atoms with E-state index in [1.165, 1.54) is 30.4 Å². The van der Waals surface area contributed by atoms with Crippen molar-refractivity contribution < 1.29 is 27.9 Å². The molecule has 0 aromatic heterocycles. The normalized spacial score (nSPS) is 14.5. The second-order valence-electron chi connectivity index (χ2n) is 4.34. The highest BCUT2D eigenvalue weighted by Gasteiger charge is 2.58. The Kier molecular flexibility index (Phi) is 4.33. The lowest BCUT2D eigenvalue weighted by molar-refractivity contribution is -0.203. The van der Waals surface area contributed by atoms with Crippen LogP contribution in [0.3, 0.4) is 0 Å². The van der Waals surface area contributed by atoms with Gasteiger partial charge in [0.05, 0.1) is 0 Å². The number of halogens is 4. The number of carboxylic acids is 1. The van der Waals surface area contributed by atoms with E-state index in [0.29, 0.717) is 17.5 Å². The van der Waals surface area contributed by atoms with Crippen molar-refractivity contribution in [3.05, 3.63) is 34.3 Å². The molecule has 4 nitrogen and oxygen atoms in total. The van der Waals surface area contributed by atoms with Crippen molar-refractivity contribution in [3.63, 3.8) is 0 Å². The van der Waals surface area contributed by atoms with E-state index < -0.39 is 23.6 Å². The van der Waals surface area contributed by atoms with Gasteiger partial charge in [-0.2, -0.15) is 13.2 Å². The molecule has 110 valence electrons. The number of hydrogen-bond acceptors (Lipinski definition) is 2. The summed E-state index contributed by atoms with van der Waals surface area (Å²) in [6.45, 7) is 1.87. The number of hydrogen-bond donors (Lipinski definition) is 2. The molecule has 8 heteroatoms. The minimum atomic E-state index is -5.13. The van der Waals surface area contributed by atoms with Crippen LogP contribution < -0.4 is 5.32 Å². The topological polar surface area (TPSA) is 66.4 Å². The molecule has 0 heterocycles. The Bertz CT molecular complexity index is 559. The van der Waals surface area contributed by atoms with E-state index in [1.54, 1.807) is 0 Å². The van der Waals surface area contributed by atoms with Crippen molar-refractivity contribution in [2.24, 2.45) is 0 Å². The second-order valence-corrected chi connectivity index (χ2v) is 4.78. The number of alkyl halides is 3. The fourth-order valence-electron chi connectivity index (χ4n) is 1.42. The molecule has 0 aliphatic heterocycles. The van der Waals surface area contributed by atoms with E-state index in [1.807, 2.05) is 0 Å². The summed E-state index contributed by atoms with van der Waals surface area (Å²) in [6.07, 6.45) is -5.13. The SMILES string of the molecule is Cc1cc(Cl)ccc1C(=O)NC(C)(C(=O)O)C(F)(F)F. The number of rotatable bonds is 3. The van der Waals surface area contributed by atoms with Gasteiger partial charge < -0.3 is 10.4 Å². The Morgan fingerprint density at radius 2 is 1.85 bits per heavy atom. The first-order valence-corrected chi connectivity index (χ1v) is 5.75. The fourth-order valence-corrected chi connectivity index (χ4v) is 1.65. The average Bonchev–Trinajstić information content (AvgIpc) is 2.26. The predicted octanol–water partition coefficient (Wildman–Crippen LogP) is 2.78. The third-order valence-electron chi connectivity index (χ3n) is 2.79. The molecule has 0 radical (unpaired) electrons. The number of carbonyl (C=O) groups excluding carboxylic acids is 1. The predicted molar refractivity (Wildman–Crippen MR) is 65.8 cm³/mol. The molecule has 0 aliphatic carbocycles. The Hall–Kier alpha value is -1.76. The maximum absolute atomic E-state index is 12.8. The first-order valence-electron chi connectivity index (χ1n) is 5.38. The van der Waals surface area contributed by atoms with E-state index in [9.17, 15) is 22.8 Å². The van der Waals surface area contributed by atoms with Gasteiger partial charge in [-0.1, -0.05) is 11.6 Å². The van der Waals surface area contributed by atoms with Gasteiger partial charge in [-0.15, -0.1) is 0 Å². The lowest BCUT2D eigenvalue weighted by Crippen LogP contribution is -2.61. The minimum absolute atomic E-state index is 0.0777. The van der Waals surface area contributed by atoms with Crippen molar-refractivity contribution in [1.82, 2.24) is 5.32 Å². The van der Waals surface area contributed by atoms with Crippen LogP contribution in [0.15, 0.2) is 18.2 Å². The number of aryl methyl sites for hydroxylation is 1. The Morgan fingerprint density at radius 1 is 1.30 bits per heavy atom. The smallest absolute Gasteiger partial charge is 0.422 e. The van der Waals surface area contributed by atoms with Gasteiger partial charge in [0.2, 0.25) is 5.54 Å². The largest absolute Gasteiger partial charge is 0.479 e. The maximum Gasteiger partial charge on any atom is 0.422 e. The van der Waals surface area contributed by atoms with Crippen molar-refractivity contribution in [3.8, 4) is 0 Å². The van der Waals surface area contributed by atoms with Crippen LogP contribution in [0.1, 0.15) is 22.8 Å². The summed E-state index contributed by atoms with van der Waals surface area (Å²) in [7, 11) is 0. The van der Waals surface area contributed by atoms with Gasteiger partial charge in [0.25, 0.3) is 5.91 Å². The van der Waals surface area contributed by atoms with Crippen LogP contribution in [0.5, 0.6) is 0 Å². The number of aliphatic carboxylic acids is 1. The van der Waals surface area contributed by atoms with E-state index in [4.69, 9.17) is 16.7 Å². The lowest BCUT2D eigenvalue weighted by atomic mass is 10.00. The van der Waals surface area contributed by atoms with Crippen LogP contribution in [-0.4, -0.2) is 28.7 Å². The molecule has 1 aromatic carbocycles. The van der Waals surface area contributed by atoms with Gasteiger partial charge >= 0.3 is 12.1 Å². The summed E-state index contributed by atoms with van der Waals surface area (Å²) in [5.41, 5.74) is -3.10. The molecule has 1 aromatic rings. The molecule has 2 N–H and O–H groups in total. The minimum Gasteiger partial charge on any atom is -0.479 e.